The van der Waals surface area contributed by atoms with Crippen LogP contribution in [-0.2, 0) is 11.8 Å². The molecule has 66 valence electrons. The van der Waals surface area contributed by atoms with Crippen molar-refractivity contribution in [3.05, 3.63) is 36.0 Å². The molecule has 0 aliphatic carbocycles. The van der Waals surface area contributed by atoms with Crippen LogP contribution in [0.4, 0.5) is 0 Å². The van der Waals surface area contributed by atoms with Crippen molar-refractivity contribution in [1.82, 2.24) is 4.57 Å². The molecule has 0 spiro atoms. The number of aromatic nitrogens is 1. The monoisotopic (exact) mass is 173 g/mol. The van der Waals surface area contributed by atoms with Crippen molar-refractivity contribution in [2.45, 2.75) is 6.10 Å². The Labute approximate surface area is 76.7 Å². The summed E-state index contributed by atoms with van der Waals surface area (Å²) in [6.07, 6.45) is 2.52. The standard InChI is InChI=1S/C11H11NO/c1-12-6-9(11-7-13-11)8-4-2-3-5-10(8)12/h2-6,11H,7H2,1H3/t11-/m1/s1. The van der Waals surface area contributed by atoms with Crippen LogP contribution in [0.5, 0.6) is 0 Å². The van der Waals surface area contributed by atoms with E-state index in [1.165, 1.54) is 16.5 Å². The quantitative estimate of drug-likeness (QED) is 0.604. The van der Waals surface area contributed by atoms with E-state index in [4.69, 9.17) is 4.74 Å². The molecule has 1 saturated heterocycles. The van der Waals surface area contributed by atoms with Crippen molar-refractivity contribution in [2.24, 2.45) is 7.05 Å². The maximum absolute atomic E-state index is 5.30. The predicted octanol–water partition coefficient (Wildman–Crippen LogP) is 2.25. The highest BCUT2D eigenvalue weighted by Gasteiger charge is 2.27. The van der Waals surface area contributed by atoms with Crippen molar-refractivity contribution >= 4 is 10.9 Å². The topological polar surface area (TPSA) is 17.5 Å². The lowest BCUT2D eigenvalue weighted by Gasteiger charge is -1.93. The van der Waals surface area contributed by atoms with Crippen molar-refractivity contribution in [3.8, 4) is 0 Å². The molecule has 2 nitrogen and oxygen atoms in total. The fourth-order valence-corrected chi connectivity index (χ4v) is 1.86. The summed E-state index contributed by atoms with van der Waals surface area (Å²) in [5.74, 6) is 0. The second kappa shape index (κ2) is 2.36. The minimum atomic E-state index is 0.353. The van der Waals surface area contributed by atoms with Crippen LogP contribution in [0.15, 0.2) is 30.5 Å². The summed E-state index contributed by atoms with van der Waals surface area (Å²) in [6.45, 7) is 0.883. The van der Waals surface area contributed by atoms with Gasteiger partial charge >= 0.3 is 0 Å². The van der Waals surface area contributed by atoms with Gasteiger partial charge in [-0.05, 0) is 6.07 Å². The molecule has 0 N–H and O–H groups in total. The molecule has 2 aromatic rings. The van der Waals surface area contributed by atoms with Crippen LogP contribution in [0.25, 0.3) is 10.9 Å². The third-order valence-electron chi connectivity index (χ3n) is 2.61. The zero-order valence-corrected chi connectivity index (χ0v) is 7.53. The molecule has 13 heavy (non-hydrogen) atoms. The van der Waals surface area contributed by atoms with Crippen molar-refractivity contribution < 1.29 is 4.74 Å². The molecule has 0 radical (unpaired) electrons. The molecule has 1 atom stereocenters. The number of rotatable bonds is 1. The highest BCUT2D eigenvalue weighted by molar-refractivity contribution is 5.84. The number of epoxide rings is 1. The first-order valence-electron chi connectivity index (χ1n) is 4.52. The van der Waals surface area contributed by atoms with Crippen molar-refractivity contribution in [1.29, 1.82) is 0 Å². The Balaban J connectivity index is 2.34. The Morgan fingerprint density at radius 3 is 2.92 bits per heavy atom. The van der Waals surface area contributed by atoms with Gasteiger partial charge in [0.25, 0.3) is 0 Å². The molecule has 0 amide bonds. The van der Waals surface area contributed by atoms with Crippen molar-refractivity contribution in [3.63, 3.8) is 0 Å². The van der Waals surface area contributed by atoms with Gasteiger partial charge in [0.1, 0.15) is 6.10 Å². The van der Waals surface area contributed by atoms with E-state index in [9.17, 15) is 0 Å². The van der Waals surface area contributed by atoms with Crippen LogP contribution in [0.3, 0.4) is 0 Å². The van der Waals surface area contributed by atoms with Gasteiger partial charge < -0.3 is 9.30 Å². The highest BCUT2D eigenvalue weighted by atomic mass is 16.6. The lowest BCUT2D eigenvalue weighted by atomic mass is 10.1. The van der Waals surface area contributed by atoms with E-state index >= 15 is 0 Å². The van der Waals surface area contributed by atoms with E-state index in [0.717, 1.165) is 6.61 Å². The van der Waals surface area contributed by atoms with Crippen LogP contribution >= 0.6 is 0 Å². The summed E-state index contributed by atoms with van der Waals surface area (Å²) in [5.41, 5.74) is 2.62. The normalized spacial score (nSPS) is 20.8. The van der Waals surface area contributed by atoms with Crippen LogP contribution < -0.4 is 0 Å². The first-order valence-corrected chi connectivity index (χ1v) is 4.52. The van der Waals surface area contributed by atoms with E-state index in [-0.39, 0.29) is 0 Å². The number of ether oxygens (including phenoxy) is 1. The minimum absolute atomic E-state index is 0.353. The first-order chi connectivity index (χ1) is 6.36. The number of hydrogen-bond acceptors (Lipinski definition) is 1. The molecular formula is C11H11NO. The van der Waals surface area contributed by atoms with Gasteiger partial charge in [-0.25, -0.2) is 0 Å². The van der Waals surface area contributed by atoms with Gasteiger partial charge in [-0.2, -0.15) is 0 Å². The molecule has 3 rings (SSSR count). The molecule has 0 bridgehead atoms. The number of hydrogen-bond donors (Lipinski definition) is 0. The van der Waals surface area contributed by atoms with Crippen LogP contribution in [0, 0.1) is 0 Å². The fraction of sp³-hybridized carbons (Fsp3) is 0.273. The largest absolute Gasteiger partial charge is 0.368 e. The van der Waals surface area contributed by atoms with E-state index in [1.54, 1.807) is 0 Å². The Kier molecular flexibility index (Phi) is 1.30. The zero-order valence-electron chi connectivity index (χ0n) is 7.53. The number of fused-ring (bicyclic) bond motifs is 1. The molecule has 2 heteroatoms. The maximum Gasteiger partial charge on any atom is 0.108 e. The second-order valence-corrected chi connectivity index (χ2v) is 3.53. The Morgan fingerprint density at radius 2 is 2.15 bits per heavy atom. The number of aryl methyl sites for hydroxylation is 1. The van der Waals surface area contributed by atoms with Gasteiger partial charge in [0.05, 0.1) is 6.61 Å². The number of benzene rings is 1. The van der Waals surface area contributed by atoms with E-state index in [0.29, 0.717) is 6.10 Å². The third kappa shape index (κ3) is 0.988. The summed E-state index contributed by atoms with van der Waals surface area (Å²) < 4.78 is 7.46. The zero-order chi connectivity index (χ0) is 8.84. The molecule has 2 heterocycles. The molecule has 1 aliphatic heterocycles. The maximum atomic E-state index is 5.30. The summed E-state index contributed by atoms with van der Waals surface area (Å²) >= 11 is 0. The Morgan fingerprint density at radius 1 is 1.38 bits per heavy atom. The molecule has 1 aliphatic rings. The average Bonchev–Trinajstić information content (AvgIpc) is 2.94. The molecular weight excluding hydrogens is 162 g/mol. The van der Waals surface area contributed by atoms with Crippen LogP contribution in [0.1, 0.15) is 11.7 Å². The van der Waals surface area contributed by atoms with E-state index in [1.807, 2.05) is 0 Å². The average molecular weight is 173 g/mol. The number of nitrogens with zero attached hydrogens (tertiary/aromatic N) is 1. The fourth-order valence-electron chi connectivity index (χ4n) is 1.86. The Hall–Kier alpha value is -1.28. The first kappa shape index (κ1) is 7.15. The van der Waals surface area contributed by atoms with Crippen molar-refractivity contribution in [2.75, 3.05) is 6.61 Å². The van der Waals surface area contributed by atoms with E-state index in [2.05, 4.69) is 42.1 Å². The highest BCUT2D eigenvalue weighted by Crippen LogP contribution is 2.35. The SMILES string of the molecule is Cn1cc([C@H]2CO2)c2ccccc21. The molecule has 1 aromatic heterocycles. The number of para-hydroxylation sites is 1. The van der Waals surface area contributed by atoms with Gasteiger partial charge in [-0.15, -0.1) is 0 Å². The van der Waals surface area contributed by atoms with Crippen LogP contribution in [0.2, 0.25) is 0 Å². The minimum Gasteiger partial charge on any atom is -0.368 e. The predicted molar refractivity (Wildman–Crippen MR) is 51.6 cm³/mol. The summed E-state index contributed by atoms with van der Waals surface area (Å²) in [5, 5.41) is 1.33. The lowest BCUT2D eigenvalue weighted by molar-refractivity contribution is 0.416. The summed E-state index contributed by atoms with van der Waals surface area (Å²) in [7, 11) is 2.08. The van der Waals surface area contributed by atoms with Gasteiger partial charge in [-0.1, -0.05) is 18.2 Å². The molecule has 0 saturated carbocycles. The van der Waals surface area contributed by atoms with Gasteiger partial charge in [0, 0.05) is 29.7 Å². The second-order valence-electron chi connectivity index (χ2n) is 3.53. The summed E-state index contributed by atoms with van der Waals surface area (Å²) in [4.78, 5) is 0. The van der Waals surface area contributed by atoms with Gasteiger partial charge in [0.15, 0.2) is 0 Å². The summed E-state index contributed by atoms with van der Waals surface area (Å²) in [6, 6.07) is 8.45. The van der Waals surface area contributed by atoms with Crippen LogP contribution in [-0.4, -0.2) is 11.2 Å². The third-order valence-corrected chi connectivity index (χ3v) is 2.61. The lowest BCUT2D eigenvalue weighted by Crippen LogP contribution is -1.81. The smallest absolute Gasteiger partial charge is 0.108 e. The van der Waals surface area contributed by atoms with Gasteiger partial charge in [-0.3, -0.25) is 0 Å². The molecule has 1 aromatic carbocycles. The molecule has 1 fully saturated rings. The Bertz CT molecular complexity index is 454. The van der Waals surface area contributed by atoms with Gasteiger partial charge in [0.2, 0.25) is 0 Å². The molecule has 0 unspecified atom stereocenters. The van der Waals surface area contributed by atoms with E-state index < -0.39 is 0 Å².